The highest BCUT2D eigenvalue weighted by molar-refractivity contribution is 4.68. The Hall–Kier alpha value is -0.0800. The average molecular weight is 142 g/mol. The molecule has 1 heterocycles. The number of rotatable bonds is 0. The molecule has 0 spiro atoms. The van der Waals surface area contributed by atoms with E-state index in [-0.39, 0.29) is 0 Å². The first kappa shape index (κ1) is 8.02. The van der Waals surface area contributed by atoms with Crippen molar-refractivity contribution in [2.75, 3.05) is 26.7 Å². The summed E-state index contributed by atoms with van der Waals surface area (Å²) in [7, 11) is 2.21. The van der Waals surface area contributed by atoms with E-state index in [1.807, 2.05) is 0 Å². The van der Waals surface area contributed by atoms with Gasteiger partial charge in [-0.2, -0.15) is 0 Å². The molecule has 1 N–H and O–H groups in total. The molecule has 2 heteroatoms. The maximum atomic E-state index is 3.43. The largest absolute Gasteiger partial charge is 0.315 e. The first-order valence-electron chi connectivity index (χ1n) is 4.21. The van der Waals surface area contributed by atoms with Crippen molar-refractivity contribution in [1.29, 1.82) is 0 Å². The van der Waals surface area contributed by atoms with Crippen LogP contribution in [0.15, 0.2) is 0 Å². The molecule has 1 saturated heterocycles. The standard InChI is InChI=1S/C8H18N2/c1-8-7-9-5-3-4-6-10(8)2/h8-9H,3-7H2,1-2H3/t8-/m1/s1. The summed E-state index contributed by atoms with van der Waals surface area (Å²) in [5.74, 6) is 0. The van der Waals surface area contributed by atoms with E-state index >= 15 is 0 Å². The zero-order chi connectivity index (χ0) is 7.40. The van der Waals surface area contributed by atoms with E-state index in [4.69, 9.17) is 0 Å². The second kappa shape index (κ2) is 3.94. The van der Waals surface area contributed by atoms with E-state index in [2.05, 4.69) is 24.2 Å². The molecule has 10 heavy (non-hydrogen) atoms. The van der Waals surface area contributed by atoms with E-state index in [1.165, 1.54) is 25.9 Å². The number of nitrogens with one attached hydrogen (secondary N) is 1. The highest BCUT2D eigenvalue weighted by Crippen LogP contribution is 2.00. The molecule has 1 rings (SSSR count). The molecule has 0 aromatic heterocycles. The van der Waals surface area contributed by atoms with Crippen LogP contribution in [0.3, 0.4) is 0 Å². The molecule has 0 unspecified atom stereocenters. The van der Waals surface area contributed by atoms with E-state index in [0.717, 1.165) is 6.54 Å². The molecule has 0 aromatic rings. The monoisotopic (exact) mass is 142 g/mol. The molecular weight excluding hydrogens is 124 g/mol. The summed E-state index contributed by atoms with van der Waals surface area (Å²) in [5, 5.41) is 3.43. The summed E-state index contributed by atoms with van der Waals surface area (Å²) in [4.78, 5) is 2.42. The Morgan fingerprint density at radius 2 is 2.20 bits per heavy atom. The van der Waals surface area contributed by atoms with Crippen LogP contribution >= 0.6 is 0 Å². The van der Waals surface area contributed by atoms with Gasteiger partial charge in [0.15, 0.2) is 0 Å². The van der Waals surface area contributed by atoms with Gasteiger partial charge in [-0.25, -0.2) is 0 Å². The van der Waals surface area contributed by atoms with Gasteiger partial charge in [-0.05, 0) is 39.9 Å². The average Bonchev–Trinajstić information content (AvgIpc) is 1.92. The first-order chi connectivity index (χ1) is 4.80. The lowest BCUT2D eigenvalue weighted by Crippen LogP contribution is -2.40. The predicted octanol–water partition coefficient (Wildman–Crippen LogP) is 0.690. The smallest absolute Gasteiger partial charge is 0.0189 e. The van der Waals surface area contributed by atoms with Crippen LogP contribution in [0.25, 0.3) is 0 Å². The summed E-state index contributed by atoms with van der Waals surface area (Å²) in [6.45, 7) is 5.90. The van der Waals surface area contributed by atoms with Crippen molar-refractivity contribution in [2.24, 2.45) is 0 Å². The summed E-state index contributed by atoms with van der Waals surface area (Å²) >= 11 is 0. The fraction of sp³-hybridized carbons (Fsp3) is 1.00. The van der Waals surface area contributed by atoms with Crippen LogP contribution in [0.2, 0.25) is 0 Å². The lowest BCUT2D eigenvalue weighted by atomic mass is 10.2. The lowest BCUT2D eigenvalue weighted by Gasteiger charge is -2.27. The Kier molecular flexibility index (Phi) is 3.16. The van der Waals surface area contributed by atoms with Crippen molar-refractivity contribution in [1.82, 2.24) is 10.2 Å². The Morgan fingerprint density at radius 1 is 1.40 bits per heavy atom. The molecule has 0 amide bonds. The number of hydrogen-bond donors (Lipinski definition) is 1. The van der Waals surface area contributed by atoms with Crippen LogP contribution in [-0.4, -0.2) is 37.6 Å². The van der Waals surface area contributed by atoms with Crippen molar-refractivity contribution in [3.8, 4) is 0 Å². The molecule has 60 valence electrons. The van der Waals surface area contributed by atoms with Gasteiger partial charge in [-0.1, -0.05) is 0 Å². The fourth-order valence-corrected chi connectivity index (χ4v) is 1.30. The van der Waals surface area contributed by atoms with Gasteiger partial charge in [0.2, 0.25) is 0 Å². The minimum Gasteiger partial charge on any atom is -0.315 e. The molecule has 1 aliphatic heterocycles. The number of hydrogen-bond acceptors (Lipinski definition) is 2. The van der Waals surface area contributed by atoms with Gasteiger partial charge in [0, 0.05) is 12.6 Å². The molecule has 0 bridgehead atoms. The topological polar surface area (TPSA) is 15.3 Å². The second-order valence-electron chi connectivity index (χ2n) is 3.24. The van der Waals surface area contributed by atoms with Gasteiger partial charge < -0.3 is 10.2 Å². The molecule has 0 saturated carbocycles. The molecule has 1 fully saturated rings. The van der Waals surface area contributed by atoms with Crippen LogP contribution in [0.5, 0.6) is 0 Å². The van der Waals surface area contributed by atoms with Crippen LogP contribution in [-0.2, 0) is 0 Å². The minimum absolute atomic E-state index is 0.709. The maximum absolute atomic E-state index is 3.43. The van der Waals surface area contributed by atoms with Crippen molar-refractivity contribution >= 4 is 0 Å². The van der Waals surface area contributed by atoms with E-state index in [0.29, 0.717) is 6.04 Å². The van der Waals surface area contributed by atoms with Crippen LogP contribution < -0.4 is 5.32 Å². The third-order valence-electron chi connectivity index (χ3n) is 2.31. The predicted molar refractivity (Wildman–Crippen MR) is 44.2 cm³/mol. The Balaban J connectivity index is 2.28. The first-order valence-corrected chi connectivity index (χ1v) is 4.21. The molecule has 2 nitrogen and oxygen atoms in total. The zero-order valence-corrected chi connectivity index (χ0v) is 7.06. The normalized spacial score (nSPS) is 31.2. The van der Waals surface area contributed by atoms with E-state index in [1.54, 1.807) is 0 Å². The van der Waals surface area contributed by atoms with Gasteiger partial charge in [-0.15, -0.1) is 0 Å². The molecule has 0 radical (unpaired) electrons. The molecular formula is C8H18N2. The Labute approximate surface area is 63.6 Å². The van der Waals surface area contributed by atoms with E-state index < -0.39 is 0 Å². The Morgan fingerprint density at radius 3 is 3.00 bits per heavy atom. The molecule has 1 aliphatic rings. The summed E-state index contributed by atoms with van der Waals surface area (Å²) in [6, 6.07) is 0.709. The third-order valence-corrected chi connectivity index (χ3v) is 2.31. The summed E-state index contributed by atoms with van der Waals surface area (Å²) in [6.07, 6.45) is 2.67. The fourth-order valence-electron chi connectivity index (χ4n) is 1.30. The number of nitrogens with zero attached hydrogens (tertiary/aromatic N) is 1. The molecule has 1 atom stereocenters. The van der Waals surface area contributed by atoms with Crippen molar-refractivity contribution in [3.63, 3.8) is 0 Å². The van der Waals surface area contributed by atoms with Crippen LogP contribution in [0.1, 0.15) is 19.8 Å². The zero-order valence-electron chi connectivity index (χ0n) is 7.06. The molecule has 0 aliphatic carbocycles. The highest BCUT2D eigenvalue weighted by Gasteiger charge is 2.09. The number of likely N-dealkylation sites (N-methyl/N-ethyl adjacent to an activating group) is 1. The van der Waals surface area contributed by atoms with Crippen molar-refractivity contribution < 1.29 is 0 Å². The summed E-state index contributed by atoms with van der Waals surface area (Å²) < 4.78 is 0. The Bertz CT molecular complexity index is 81.3. The highest BCUT2D eigenvalue weighted by atomic mass is 15.1. The quantitative estimate of drug-likeness (QED) is 0.535. The van der Waals surface area contributed by atoms with Gasteiger partial charge in [0.25, 0.3) is 0 Å². The van der Waals surface area contributed by atoms with Gasteiger partial charge in [0.1, 0.15) is 0 Å². The lowest BCUT2D eigenvalue weighted by molar-refractivity contribution is 0.232. The van der Waals surface area contributed by atoms with Gasteiger partial charge in [0.05, 0.1) is 0 Å². The van der Waals surface area contributed by atoms with E-state index in [9.17, 15) is 0 Å². The third kappa shape index (κ3) is 2.27. The second-order valence-corrected chi connectivity index (χ2v) is 3.24. The van der Waals surface area contributed by atoms with Crippen molar-refractivity contribution in [3.05, 3.63) is 0 Å². The van der Waals surface area contributed by atoms with Gasteiger partial charge in [-0.3, -0.25) is 0 Å². The van der Waals surface area contributed by atoms with Gasteiger partial charge >= 0.3 is 0 Å². The minimum atomic E-state index is 0.709. The van der Waals surface area contributed by atoms with Crippen molar-refractivity contribution in [2.45, 2.75) is 25.8 Å². The molecule has 0 aromatic carbocycles. The van der Waals surface area contributed by atoms with Crippen LogP contribution in [0.4, 0.5) is 0 Å². The van der Waals surface area contributed by atoms with Crippen LogP contribution in [0, 0.1) is 0 Å². The SMILES string of the molecule is C[C@@H]1CNCCCCN1C. The maximum Gasteiger partial charge on any atom is 0.0189 e. The summed E-state index contributed by atoms with van der Waals surface area (Å²) in [5.41, 5.74) is 0.